The predicted octanol–water partition coefficient (Wildman–Crippen LogP) is 3.90. The fraction of sp³-hybridized carbons (Fsp3) is 0.308. The van der Waals surface area contributed by atoms with Crippen molar-refractivity contribution in [2.45, 2.75) is 19.9 Å². The number of hydrogen-bond donors (Lipinski definition) is 1. The summed E-state index contributed by atoms with van der Waals surface area (Å²) in [5.41, 5.74) is 3.12. The Kier molecular flexibility index (Phi) is 4.15. The van der Waals surface area contributed by atoms with Gasteiger partial charge < -0.3 is 5.32 Å². The number of anilines is 1. The van der Waals surface area contributed by atoms with E-state index in [0.717, 1.165) is 17.8 Å². The van der Waals surface area contributed by atoms with E-state index >= 15 is 0 Å². The summed E-state index contributed by atoms with van der Waals surface area (Å²) in [4.78, 5) is 0. The third-order valence-corrected chi connectivity index (χ3v) is 3.29. The van der Waals surface area contributed by atoms with Gasteiger partial charge in [-0.1, -0.05) is 30.1 Å². The van der Waals surface area contributed by atoms with Crippen molar-refractivity contribution < 1.29 is 0 Å². The molecule has 1 aromatic carbocycles. The highest BCUT2D eigenvalue weighted by molar-refractivity contribution is 6.35. The molecule has 2 aromatic rings. The fourth-order valence-electron chi connectivity index (χ4n) is 1.85. The third-order valence-electron chi connectivity index (χ3n) is 2.72. The monoisotopic (exact) mass is 283 g/mol. The molecule has 0 fully saturated rings. The molecule has 0 saturated carbocycles. The summed E-state index contributed by atoms with van der Waals surface area (Å²) in [5, 5.41) is 9.03. The number of aromatic nitrogens is 2. The number of hydrogen-bond acceptors (Lipinski definition) is 2. The molecule has 0 aliphatic rings. The molecule has 0 bridgehead atoms. The molecule has 1 aromatic heterocycles. The van der Waals surface area contributed by atoms with Crippen molar-refractivity contribution in [3.8, 4) is 0 Å². The first-order valence-electron chi connectivity index (χ1n) is 5.80. The van der Waals surface area contributed by atoms with Crippen molar-refractivity contribution in [3.63, 3.8) is 0 Å². The van der Waals surface area contributed by atoms with Gasteiger partial charge in [-0.05, 0) is 24.6 Å². The minimum atomic E-state index is 0.668. The van der Waals surface area contributed by atoms with Gasteiger partial charge >= 0.3 is 0 Å². The zero-order valence-electron chi connectivity index (χ0n) is 10.4. The van der Waals surface area contributed by atoms with Crippen molar-refractivity contribution in [2.24, 2.45) is 7.05 Å². The Hall–Kier alpha value is -1.19. The quantitative estimate of drug-likeness (QED) is 0.922. The lowest BCUT2D eigenvalue weighted by Gasteiger charge is -2.08. The Morgan fingerprint density at radius 3 is 2.83 bits per heavy atom. The lowest BCUT2D eigenvalue weighted by Crippen LogP contribution is -2.01. The second-order valence-corrected chi connectivity index (χ2v) is 4.95. The maximum atomic E-state index is 6.10. The number of aryl methyl sites for hydroxylation is 2. The molecule has 0 unspecified atom stereocenters. The molecular formula is C13H15Cl2N3. The number of nitrogens with one attached hydrogen (secondary N) is 1. The van der Waals surface area contributed by atoms with Crippen LogP contribution in [0.5, 0.6) is 0 Å². The van der Waals surface area contributed by atoms with Crippen molar-refractivity contribution in [1.29, 1.82) is 0 Å². The van der Waals surface area contributed by atoms with Crippen LogP contribution in [0.1, 0.15) is 18.2 Å². The standard InChI is InChI=1S/C13H15Cl2N3/c1-3-12-9(8-18(2)17-12)7-16-13-6-10(14)4-5-11(13)15/h4-6,8,16H,3,7H2,1-2H3. The molecule has 1 N–H and O–H groups in total. The Labute approximate surface area is 117 Å². The van der Waals surface area contributed by atoms with Gasteiger partial charge in [-0.15, -0.1) is 0 Å². The molecule has 0 aliphatic carbocycles. The van der Waals surface area contributed by atoms with Crippen LogP contribution in [0, 0.1) is 0 Å². The van der Waals surface area contributed by atoms with Gasteiger partial charge in [-0.25, -0.2) is 0 Å². The summed E-state index contributed by atoms with van der Waals surface area (Å²) >= 11 is 12.0. The second kappa shape index (κ2) is 5.63. The van der Waals surface area contributed by atoms with Gasteiger partial charge in [0.15, 0.2) is 0 Å². The van der Waals surface area contributed by atoms with Crippen molar-refractivity contribution in [2.75, 3.05) is 5.32 Å². The van der Waals surface area contributed by atoms with E-state index in [1.165, 1.54) is 5.56 Å². The normalized spacial score (nSPS) is 10.7. The first-order valence-corrected chi connectivity index (χ1v) is 6.56. The average molecular weight is 284 g/mol. The summed E-state index contributed by atoms with van der Waals surface area (Å²) in [6, 6.07) is 5.39. The van der Waals surface area contributed by atoms with E-state index < -0.39 is 0 Å². The average Bonchev–Trinajstić information content (AvgIpc) is 2.71. The van der Waals surface area contributed by atoms with Gasteiger partial charge in [0.2, 0.25) is 0 Å². The highest BCUT2D eigenvalue weighted by Crippen LogP contribution is 2.26. The molecule has 0 amide bonds. The van der Waals surface area contributed by atoms with Crippen molar-refractivity contribution >= 4 is 28.9 Å². The SMILES string of the molecule is CCc1nn(C)cc1CNc1cc(Cl)ccc1Cl. The topological polar surface area (TPSA) is 29.9 Å². The van der Waals surface area contributed by atoms with E-state index in [-0.39, 0.29) is 0 Å². The molecule has 0 radical (unpaired) electrons. The fourth-order valence-corrected chi connectivity index (χ4v) is 2.21. The van der Waals surface area contributed by atoms with Crippen LogP contribution in [0.25, 0.3) is 0 Å². The van der Waals surface area contributed by atoms with Crippen LogP contribution < -0.4 is 5.32 Å². The van der Waals surface area contributed by atoms with E-state index in [0.29, 0.717) is 16.6 Å². The Morgan fingerprint density at radius 2 is 2.11 bits per heavy atom. The molecule has 5 heteroatoms. The number of nitrogens with zero attached hydrogens (tertiary/aromatic N) is 2. The van der Waals surface area contributed by atoms with Gasteiger partial charge in [-0.3, -0.25) is 4.68 Å². The molecule has 0 saturated heterocycles. The summed E-state index contributed by atoms with van der Waals surface area (Å²) in [6.45, 7) is 2.79. The van der Waals surface area contributed by atoms with E-state index in [1.807, 2.05) is 24.0 Å². The van der Waals surface area contributed by atoms with E-state index in [1.54, 1.807) is 12.1 Å². The van der Waals surface area contributed by atoms with Crippen molar-refractivity contribution in [3.05, 3.63) is 45.7 Å². The van der Waals surface area contributed by atoms with E-state index in [9.17, 15) is 0 Å². The van der Waals surface area contributed by atoms with Crippen LogP contribution in [-0.4, -0.2) is 9.78 Å². The van der Waals surface area contributed by atoms with Crippen LogP contribution in [0.3, 0.4) is 0 Å². The smallest absolute Gasteiger partial charge is 0.0671 e. The number of halogens is 2. The van der Waals surface area contributed by atoms with Crippen LogP contribution >= 0.6 is 23.2 Å². The van der Waals surface area contributed by atoms with Gasteiger partial charge in [0.25, 0.3) is 0 Å². The molecule has 2 rings (SSSR count). The minimum Gasteiger partial charge on any atom is -0.380 e. The first-order chi connectivity index (χ1) is 8.60. The highest BCUT2D eigenvalue weighted by Gasteiger charge is 2.07. The van der Waals surface area contributed by atoms with Crippen molar-refractivity contribution in [1.82, 2.24) is 9.78 Å². The highest BCUT2D eigenvalue weighted by atomic mass is 35.5. The maximum Gasteiger partial charge on any atom is 0.0671 e. The third kappa shape index (κ3) is 2.98. The lowest BCUT2D eigenvalue weighted by atomic mass is 10.2. The zero-order valence-corrected chi connectivity index (χ0v) is 11.9. The Morgan fingerprint density at radius 1 is 1.33 bits per heavy atom. The Balaban J connectivity index is 2.13. The van der Waals surface area contributed by atoms with Crippen LogP contribution in [-0.2, 0) is 20.0 Å². The van der Waals surface area contributed by atoms with Gasteiger partial charge in [0.1, 0.15) is 0 Å². The van der Waals surface area contributed by atoms with Crippen LogP contribution in [0.4, 0.5) is 5.69 Å². The Bertz CT molecular complexity index is 549. The summed E-state index contributed by atoms with van der Waals surface area (Å²) in [6.07, 6.45) is 2.94. The summed E-state index contributed by atoms with van der Waals surface area (Å²) in [5.74, 6) is 0. The van der Waals surface area contributed by atoms with Crippen LogP contribution in [0.15, 0.2) is 24.4 Å². The number of benzene rings is 1. The molecule has 96 valence electrons. The zero-order chi connectivity index (χ0) is 13.1. The summed E-state index contributed by atoms with van der Waals surface area (Å²) < 4.78 is 1.83. The molecule has 3 nitrogen and oxygen atoms in total. The van der Waals surface area contributed by atoms with Gasteiger partial charge in [0.05, 0.1) is 16.4 Å². The second-order valence-electron chi connectivity index (χ2n) is 4.11. The maximum absolute atomic E-state index is 6.10. The minimum absolute atomic E-state index is 0.668. The lowest BCUT2D eigenvalue weighted by molar-refractivity contribution is 0.746. The molecule has 1 heterocycles. The predicted molar refractivity (Wildman–Crippen MR) is 76.4 cm³/mol. The van der Waals surface area contributed by atoms with Gasteiger partial charge in [-0.2, -0.15) is 5.10 Å². The molecular weight excluding hydrogens is 269 g/mol. The molecule has 0 spiro atoms. The van der Waals surface area contributed by atoms with E-state index in [4.69, 9.17) is 23.2 Å². The van der Waals surface area contributed by atoms with E-state index in [2.05, 4.69) is 17.3 Å². The molecule has 0 aliphatic heterocycles. The first kappa shape index (κ1) is 13.2. The van der Waals surface area contributed by atoms with Crippen LogP contribution in [0.2, 0.25) is 10.0 Å². The molecule has 18 heavy (non-hydrogen) atoms. The number of rotatable bonds is 4. The summed E-state index contributed by atoms with van der Waals surface area (Å²) in [7, 11) is 1.93. The largest absolute Gasteiger partial charge is 0.380 e. The molecule has 0 atom stereocenters. The van der Waals surface area contributed by atoms with Gasteiger partial charge in [0, 0.05) is 30.4 Å².